The molecule has 8 heteroatoms. The second-order valence-corrected chi connectivity index (χ2v) is 10.7. The van der Waals surface area contributed by atoms with Gasteiger partial charge in [0.15, 0.2) is 0 Å². The summed E-state index contributed by atoms with van der Waals surface area (Å²) >= 11 is 0. The average molecular weight is 451 g/mol. The van der Waals surface area contributed by atoms with Crippen LogP contribution >= 0.6 is 0 Å². The third-order valence-corrected chi connectivity index (χ3v) is 7.14. The van der Waals surface area contributed by atoms with Gasteiger partial charge in [0.25, 0.3) is 15.9 Å². The molecular weight excluding hydrogens is 424 g/mol. The molecule has 0 saturated heterocycles. The van der Waals surface area contributed by atoms with Crippen LogP contribution in [0.2, 0.25) is 0 Å². The highest BCUT2D eigenvalue weighted by Crippen LogP contribution is 2.32. The van der Waals surface area contributed by atoms with Gasteiger partial charge in [-0.3, -0.25) is 9.10 Å². The SMILES string of the molecule is CC(C)(C)c1ncc(NC(=O)c2cccc(S(=O)(=O)N3CCCc4ccccc43)c2)cn1. The Morgan fingerprint density at radius 3 is 2.47 bits per heavy atom. The fourth-order valence-corrected chi connectivity index (χ4v) is 5.24. The van der Waals surface area contributed by atoms with Crippen molar-refractivity contribution in [1.29, 1.82) is 0 Å². The summed E-state index contributed by atoms with van der Waals surface area (Å²) in [7, 11) is -3.80. The number of anilines is 2. The molecule has 1 aliphatic rings. The van der Waals surface area contributed by atoms with Crippen LogP contribution < -0.4 is 9.62 Å². The molecule has 0 fully saturated rings. The van der Waals surface area contributed by atoms with E-state index >= 15 is 0 Å². The lowest BCUT2D eigenvalue weighted by atomic mass is 9.96. The standard InChI is InChI=1S/C24H26N4O3S/c1-24(2,3)23-25-15-19(16-26-23)27-22(29)18-9-6-11-20(14-18)32(30,31)28-13-7-10-17-8-4-5-12-21(17)28/h4-6,8-9,11-12,14-16H,7,10,13H2,1-3H3,(H,27,29). The number of para-hydroxylation sites is 1. The molecule has 0 aliphatic carbocycles. The van der Waals surface area contributed by atoms with E-state index in [1.807, 2.05) is 45.0 Å². The molecule has 32 heavy (non-hydrogen) atoms. The minimum absolute atomic E-state index is 0.0844. The van der Waals surface area contributed by atoms with Crippen molar-refractivity contribution < 1.29 is 13.2 Å². The minimum atomic E-state index is -3.80. The van der Waals surface area contributed by atoms with Crippen LogP contribution in [-0.2, 0) is 21.9 Å². The number of carbonyl (C=O) groups is 1. The third-order valence-electron chi connectivity index (χ3n) is 5.33. The Balaban J connectivity index is 1.58. The molecule has 166 valence electrons. The van der Waals surface area contributed by atoms with Crippen molar-refractivity contribution >= 4 is 27.3 Å². The number of hydrogen-bond acceptors (Lipinski definition) is 5. The van der Waals surface area contributed by atoms with Crippen LogP contribution in [0.5, 0.6) is 0 Å². The number of hydrogen-bond donors (Lipinski definition) is 1. The van der Waals surface area contributed by atoms with Gasteiger partial charge in [-0.25, -0.2) is 18.4 Å². The van der Waals surface area contributed by atoms with Crippen molar-refractivity contribution in [3.05, 3.63) is 77.9 Å². The Kier molecular flexibility index (Phi) is 5.73. The Hall–Kier alpha value is -3.26. The van der Waals surface area contributed by atoms with E-state index in [9.17, 15) is 13.2 Å². The number of nitrogens with one attached hydrogen (secondary N) is 1. The van der Waals surface area contributed by atoms with Crippen LogP contribution in [0, 0.1) is 0 Å². The highest BCUT2D eigenvalue weighted by Gasteiger charge is 2.29. The molecule has 1 amide bonds. The molecule has 1 aliphatic heterocycles. The van der Waals surface area contributed by atoms with E-state index in [1.54, 1.807) is 24.5 Å². The number of amides is 1. The molecular formula is C24H26N4O3S. The van der Waals surface area contributed by atoms with Gasteiger partial charge in [0, 0.05) is 17.5 Å². The summed E-state index contributed by atoms with van der Waals surface area (Å²) in [6.07, 6.45) is 4.70. The van der Waals surface area contributed by atoms with Gasteiger partial charge in [-0.05, 0) is 42.7 Å². The quantitative estimate of drug-likeness (QED) is 0.644. The maximum absolute atomic E-state index is 13.4. The van der Waals surface area contributed by atoms with Gasteiger partial charge in [0.05, 0.1) is 28.7 Å². The van der Waals surface area contributed by atoms with Crippen LogP contribution in [0.15, 0.2) is 65.8 Å². The lowest BCUT2D eigenvalue weighted by Crippen LogP contribution is -2.35. The Morgan fingerprint density at radius 2 is 1.75 bits per heavy atom. The van der Waals surface area contributed by atoms with Gasteiger partial charge in [0.2, 0.25) is 0 Å². The molecule has 2 aromatic carbocycles. The van der Waals surface area contributed by atoms with Gasteiger partial charge >= 0.3 is 0 Å². The van der Waals surface area contributed by atoms with E-state index in [1.165, 1.54) is 16.4 Å². The molecule has 4 rings (SSSR count). The highest BCUT2D eigenvalue weighted by molar-refractivity contribution is 7.92. The van der Waals surface area contributed by atoms with Crippen molar-refractivity contribution in [1.82, 2.24) is 9.97 Å². The number of aryl methyl sites for hydroxylation is 1. The van der Waals surface area contributed by atoms with E-state index in [0.717, 1.165) is 18.4 Å². The predicted octanol–water partition coefficient (Wildman–Crippen LogP) is 4.17. The molecule has 1 N–H and O–H groups in total. The predicted molar refractivity (Wildman–Crippen MR) is 124 cm³/mol. The largest absolute Gasteiger partial charge is 0.319 e. The summed E-state index contributed by atoms with van der Waals surface area (Å²) in [5, 5.41) is 2.74. The number of benzene rings is 2. The summed E-state index contributed by atoms with van der Waals surface area (Å²) in [5.74, 6) is 0.249. The topological polar surface area (TPSA) is 92.3 Å². The molecule has 2 heterocycles. The van der Waals surface area contributed by atoms with Crippen molar-refractivity contribution in [2.24, 2.45) is 0 Å². The number of rotatable bonds is 4. The third kappa shape index (κ3) is 4.36. The fraction of sp³-hybridized carbons (Fsp3) is 0.292. The Morgan fingerprint density at radius 1 is 1.03 bits per heavy atom. The fourth-order valence-electron chi connectivity index (χ4n) is 3.66. The molecule has 0 spiro atoms. The molecule has 1 aromatic heterocycles. The van der Waals surface area contributed by atoms with Gasteiger partial charge in [0.1, 0.15) is 5.82 Å². The molecule has 0 saturated carbocycles. The Bertz CT molecular complexity index is 1250. The van der Waals surface area contributed by atoms with Crippen molar-refractivity contribution in [2.45, 2.75) is 43.9 Å². The zero-order chi connectivity index (χ0) is 22.9. The van der Waals surface area contributed by atoms with E-state index < -0.39 is 15.9 Å². The molecule has 3 aromatic rings. The monoisotopic (exact) mass is 450 g/mol. The second-order valence-electron chi connectivity index (χ2n) is 8.84. The molecule has 0 bridgehead atoms. The lowest BCUT2D eigenvalue weighted by Gasteiger charge is -2.30. The second kappa shape index (κ2) is 8.35. The summed E-state index contributed by atoms with van der Waals surface area (Å²) in [6.45, 7) is 6.43. The molecule has 0 atom stereocenters. The van der Waals surface area contributed by atoms with Gasteiger partial charge < -0.3 is 5.32 Å². The smallest absolute Gasteiger partial charge is 0.264 e. The average Bonchev–Trinajstić information content (AvgIpc) is 2.78. The first kappa shape index (κ1) is 22.0. The van der Waals surface area contributed by atoms with E-state index in [0.29, 0.717) is 23.7 Å². The van der Waals surface area contributed by atoms with Crippen LogP contribution in [0.1, 0.15) is 48.9 Å². The van der Waals surface area contributed by atoms with Crippen LogP contribution in [-0.4, -0.2) is 30.8 Å². The Labute approximate surface area is 188 Å². The van der Waals surface area contributed by atoms with Crippen LogP contribution in [0.25, 0.3) is 0 Å². The van der Waals surface area contributed by atoms with E-state index in [-0.39, 0.29) is 15.9 Å². The number of sulfonamides is 1. The first-order valence-electron chi connectivity index (χ1n) is 10.5. The number of nitrogens with zero attached hydrogens (tertiary/aromatic N) is 3. The van der Waals surface area contributed by atoms with Gasteiger partial charge in [-0.2, -0.15) is 0 Å². The summed E-state index contributed by atoms with van der Waals surface area (Å²) in [5.41, 5.74) is 2.20. The first-order chi connectivity index (χ1) is 15.2. The number of aromatic nitrogens is 2. The van der Waals surface area contributed by atoms with Crippen LogP contribution in [0.3, 0.4) is 0 Å². The van der Waals surface area contributed by atoms with Crippen LogP contribution in [0.4, 0.5) is 11.4 Å². The van der Waals surface area contributed by atoms with Crippen molar-refractivity contribution in [3.63, 3.8) is 0 Å². The van der Waals surface area contributed by atoms with Gasteiger partial charge in [-0.15, -0.1) is 0 Å². The summed E-state index contributed by atoms with van der Waals surface area (Å²) in [6, 6.07) is 13.6. The molecule has 0 radical (unpaired) electrons. The van der Waals surface area contributed by atoms with E-state index in [2.05, 4.69) is 15.3 Å². The highest BCUT2D eigenvalue weighted by atomic mass is 32.2. The lowest BCUT2D eigenvalue weighted by molar-refractivity contribution is 0.102. The maximum atomic E-state index is 13.4. The zero-order valence-electron chi connectivity index (χ0n) is 18.4. The first-order valence-corrected chi connectivity index (χ1v) is 11.9. The summed E-state index contributed by atoms with van der Waals surface area (Å²) < 4.78 is 28.2. The summed E-state index contributed by atoms with van der Waals surface area (Å²) in [4.78, 5) is 21.5. The van der Waals surface area contributed by atoms with Crippen molar-refractivity contribution in [2.75, 3.05) is 16.2 Å². The number of fused-ring (bicyclic) bond motifs is 1. The van der Waals surface area contributed by atoms with E-state index in [4.69, 9.17) is 0 Å². The maximum Gasteiger partial charge on any atom is 0.264 e. The zero-order valence-corrected chi connectivity index (χ0v) is 19.2. The molecule has 0 unspecified atom stereocenters. The normalized spacial score (nSPS) is 14.0. The molecule has 7 nitrogen and oxygen atoms in total. The van der Waals surface area contributed by atoms with Crippen molar-refractivity contribution in [3.8, 4) is 0 Å². The number of carbonyl (C=O) groups excluding carboxylic acids is 1. The minimum Gasteiger partial charge on any atom is -0.319 e. The van der Waals surface area contributed by atoms with Gasteiger partial charge in [-0.1, -0.05) is 45.0 Å².